The smallest absolute Gasteiger partial charge is 0.263 e. The standard InChI is InChI=1S/C16H20F2N2S/c1-20(2)14(15-7-4-8-21-15)11-19-10-12-5-3-6-13(9-12)16(17)18/h3-9,14,16,19H,10-11H2,1-2H3. The number of nitrogens with one attached hydrogen (secondary N) is 1. The molecule has 1 unspecified atom stereocenters. The average Bonchev–Trinajstić information content (AvgIpc) is 2.97. The summed E-state index contributed by atoms with van der Waals surface area (Å²) in [6.07, 6.45) is -2.41. The van der Waals surface area contributed by atoms with Crippen molar-refractivity contribution in [1.29, 1.82) is 0 Å². The minimum Gasteiger partial charge on any atom is -0.311 e. The molecular weight excluding hydrogens is 290 g/mol. The molecule has 1 heterocycles. The third kappa shape index (κ3) is 4.59. The summed E-state index contributed by atoms with van der Waals surface area (Å²) >= 11 is 1.73. The highest BCUT2D eigenvalue weighted by Crippen LogP contribution is 2.23. The number of benzene rings is 1. The van der Waals surface area contributed by atoms with Crippen LogP contribution in [-0.2, 0) is 6.54 Å². The van der Waals surface area contributed by atoms with Crippen LogP contribution in [0, 0.1) is 0 Å². The molecule has 0 amide bonds. The van der Waals surface area contributed by atoms with E-state index in [2.05, 4.69) is 21.7 Å². The van der Waals surface area contributed by atoms with E-state index in [4.69, 9.17) is 0 Å². The lowest BCUT2D eigenvalue weighted by atomic mass is 10.1. The molecule has 1 N–H and O–H groups in total. The van der Waals surface area contributed by atoms with Gasteiger partial charge in [0.15, 0.2) is 0 Å². The van der Waals surface area contributed by atoms with Gasteiger partial charge in [0.25, 0.3) is 6.43 Å². The molecule has 2 nitrogen and oxygen atoms in total. The lowest BCUT2D eigenvalue weighted by Gasteiger charge is -2.23. The normalized spacial score (nSPS) is 13.0. The molecule has 114 valence electrons. The highest BCUT2D eigenvalue weighted by Gasteiger charge is 2.14. The van der Waals surface area contributed by atoms with E-state index < -0.39 is 6.43 Å². The van der Waals surface area contributed by atoms with Crippen molar-refractivity contribution in [2.24, 2.45) is 0 Å². The Morgan fingerprint density at radius 2 is 2.00 bits per heavy atom. The van der Waals surface area contributed by atoms with E-state index in [0.717, 1.165) is 12.1 Å². The topological polar surface area (TPSA) is 15.3 Å². The van der Waals surface area contributed by atoms with Gasteiger partial charge in [-0.3, -0.25) is 0 Å². The van der Waals surface area contributed by atoms with Crippen molar-refractivity contribution in [2.45, 2.75) is 19.0 Å². The Labute approximate surface area is 128 Å². The second-order valence-electron chi connectivity index (χ2n) is 5.17. The van der Waals surface area contributed by atoms with Crippen LogP contribution >= 0.6 is 11.3 Å². The summed E-state index contributed by atoms with van der Waals surface area (Å²) in [6, 6.07) is 11.0. The summed E-state index contributed by atoms with van der Waals surface area (Å²) in [4.78, 5) is 3.46. The van der Waals surface area contributed by atoms with Gasteiger partial charge in [-0.05, 0) is 37.2 Å². The van der Waals surface area contributed by atoms with Gasteiger partial charge in [-0.2, -0.15) is 0 Å². The van der Waals surface area contributed by atoms with Gasteiger partial charge in [0, 0.05) is 23.5 Å². The number of alkyl halides is 2. The molecule has 0 radical (unpaired) electrons. The number of thiophene rings is 1. The van der Waals surface area contributed by atoms with Gasteiger partial charge in [-0.25, -0.2) is 8.78 Å². The quantitative estimate of drug-likeness (QED) is 0.829. The van der Waals surface area contributed by atoms with Crippen LogP contribution in [0.5, 0.6) is 0 Å². The van der Waals surface area contributed by atoms with Gasteiger partial charge in [0.05, 0.1) is 6.04 Å². The van der Waals surface area contributed by atoms with Gasteiger partial charge in [0.2, 0.25) is 0 Å². The van der Waals surface area contributed by atoms with Gasteiger partial charge >= 0.3 is 0 Å². The van der Waals surface area contributed by atoms with Crippen molar-refractivity contribution in [2.75, 3.05) is 20.6 Å². The molecule has 5 heteroatoms. The van der Waals surface area contributed by atoms with Gasteiger partial charge in [0.1, 0.15) is 0 Å². The monoisotopic (exact) mass is 310 g/mol. The van der Waals surface area contributed by atoms with E-state index in [1.54, 1.807) is 23.5 Å². The fourth-order valence-electron chi connectivity index (χ4n) is 2.21. The maximum atomic E-state index is 12.7. The first-order valence-corrected chi connectivity index (χ1v) is 7.73. The summed E-state index contributed by atoms with van der Waals surface area (Å²) in [5.74, 6) is 0. The van der Waals surface area contributed by atoms with E-state index in [9.17, 15) is 8.78 Å². The van der Waals surface area contributed by atoms with Crippen LogP contribution in [0.1, 0.15) is 28.5 Å². The molecule has 0 bridgehead atoms. The molecule has 0 fully saturated rings. The molecule has 0 aliphatic carbocycles. The Morgan fingerprint density at radius 3 is 2.62 bits per heavy atom. The summed E-state index contributed by atoms with van der Waals surface area (Å²) < 4.78 is 25.3. The molecule has 1 atom stereocenters. The molecule has 1 aromatic carbocycles. The van der Waals surface area contributed by atoms with Crippen molar-refractivity contribution in [3.63, 3.8) is 0 Å². The summed E-state index contributed by atoms with van der Waals surface area (Å²) in [7, 11) is 4.09. The van der Waals surface area contributed by atoms with Crippen molar-refractivity contribution in [1.82, 2.24) is 10.2 Å². The zero-order chi connectivity index (χ0) is 15.2. The zero-order valence-electron chi connectivity index (χ0n) is 12.2. The van der Waals surface area contributed by atoms with E-state index >= 15 is 0 Å². The largest absolute Gasteiger partial charge is 0.311 e. The van der Waals surface area contributed by atoms with Crippen LogP contribution in [0.25, 0.3) is 0 Å². The van der Waals surface area contributed by atoms with Gasteiger partial charge in [-0.15, -0.1) is 11.3 Å². The molecule has 0 spiro atoms. The zero-order valence-corrected chi connectivity index (χ0v) is 13.0. The number of likely N-dealkylation sites (N-methyl/N-ethyl adjacent to an activating group) is 1. The predicted octanol–water partition coefficient (Wildman–Crippen LogP) is 4.08. The lowest BCUT2D eigenvalue weighted by molar-refractivity contribution is 0.151. The second-order valence-corrected chi connectivity index (χ2v) is 6.15. The number of halogens is 2. The fourth-order valence-corrected chi connectivity index (χ4v) is 3.13. The second kappa shape index (κ2) is 7.64. The molecule has 2 aromatic rings. The summed E-state index contributed by atoms with van der Waals surface area (Å²) in [6.45, 7) is 1.38. The van der Waals surface area contributed by atoms with Crippen LogP contribution in [0.2, 0.25) is 0 Å². The van der Waals surface area contributed by atoms with Crippen molar-refractivity contribution >= 4 is 11.3 Å². The van der Waals surface area contributed by atoms with Crippen molar-refractivity contribution < 1.29 is 8.78 Å². The molecule has 0 saturated carbocycles. The van der Waals surface area contributed by atoms with E-state index in [1.165, 1.54) is 10.9 Å². The third-order valence-corrected chi connectivity index (χ3v) is 4.34. The van der Waals surface area contributed by atoms with E-state index in [0.29, 0.717) is 12.6 Å². The molecule has 0 saturated heterocycles. The minimum atomic E-state index is -2.41. The SMILES string of the molecule is CN(C)C(CNCc1cccc(C(F)F)c1)c1cccs1. The minimum absolute atomic E-state index is 0.0803. The van der Waals surface area contributed by atoms with Crippen LogP contribution in [-0.4, -0.2) is 25.5 Å². The van der Waals surface area contributed by atoms with Crippen LogP contribution < -0.4 is 5.32 Å². The van der Waals surface area contributed by atoms with Crippen molar-refractivity contribution in [3.8, 4) is 0 Å². The highest BCUT2D eigenvalue weighted by atomic mass is 32.1. The molecular formula is C16H20F2N2S. The maximum Gasteiger partial charge on any atom is 0.263 e. The highest BCUT2D eigenvalue weighted by molar-refractivity contribution is 7.10. The van der Waals surface area contributed by atoms with Crippen LogP contribution in [0.4, 0.5) is 8.78 Å². The number of hydrogen-bond acceptors (Lipinski definition) is 3. The number of nitrogens with zero attached hydrogens (tertiary/aromatic N) is 1. The molecule has 2 rings (SSSR count). The van der Waals surface area contributed by atoms with Gasteiger partial charge < -0.3 is 10.2 Å². The third-order valence-electron chi connectivity index (χ3n) is 3.36. The molecule has 21 heavy (non-hydrogen) atoms. The predicted molar refractivity (Wildman–Crippen MR) is 83.9 cm³/mol. The van der Waals surface area contributed by atoms with Crippen LogP contribution in [0.15, 0.2) is 41.8 Å². The maximum absolute atomic E-state index is 12.7. The molecule has 0 aliphatic rings. The van der Waals surface area contributed by atoms with Crippen molar-refractivity contribution in [3.05, 3.63) is 57.8 Å². The van der Waals surface area contributed by atoms with E-state index in [1.807, 2.05) is 26.2 Å². The van der Waals surface area contributed by atoms with Gasteiger partial charge in [-0.1, -0.05) is 24.3 Å². The Morgan fingerprint density at radius 1 is 1.19 bits per heavy atom. The Balaban J connectivity index is 1.92. The van der Waals surface area contributed by atoms with Crippen LogP contribution in [0.3, 0.4) is 0 Å². The Kier molecular flexibility index (Phi) is 5.85. The summed E-state index contributed by atoms with van der Waals surface area (Å²) in [5, 5.41) is 5.43. The number of rotatable bonds is 7. The van der Waals surface area contributed by atoms with E-state index in [-0.39, 0.29) is 5.56 Å². The molecule has 1 aromatic heterocycles. The lowest BCUT2D eigenvalue weighted by Crippen LogP contribution is -2.30. The average molecular weight is 310 g/mol. The summed E-state index contributed by atoms with van der Waals surface area (Å²) in [5.41, 5.74) is 0.966. The molecule has 0 aliphatic heterocycles. The first-order valence-electron chi connectivity index (χ1n) is 6.85. The Bertz CT molecular complexity index is 541. The first-order chi connectivity index (χ1) is 10.1. The first kappa shape index (κ1) is 16.1. The fraction of sp³-hybridized carbons (Fsp3) is 0.375. The Hall–Kier alpha value is -1.30. The number of hydrogen-bond donors (Lipinski definition) is 1.